The molecule has 166 valence electrons. The Hall–Kier alpha value is -3.22. The molecule has 0 bridgehead atoms. The minimum atomic E-state index is 0.0147. The van der Waals surface area contributed by atoms with Crippen molar-refractivity contribution in [2.75, 3.05) is 34.4 Å². The summed E-state index contributed by atoms with van der Waals surface area (Å²) in [5, 5.41) is 3.11. The van der Waals surface area contributed by atoms with Crippen LogP contribution in [0.15, 0.2) is 42.5 Å². The van der Waals surface area contributed by atoms with E-state index in [4.69, 9.17) is 14.2 Å². The number of ether oxygens (including phenoxy) is 3. The average Bonchev–Trinajstić information content (AvgIpc) is 2.82. The summed E-state index contributed by atoms with van der Waals surface area (Å²) in [6.45, 7) is 1.26. The van der Waals surface area contributed by atoms with Crippen molar-refractivity contribution in [3.05, 3.63) is 53.6 Å². The Labute approximate surface area is 183 Å². The van der Waals surface area contributed by atoms with Crippen molar-refractivity contribution >= 4 is 11.8 Å². The maximum Gasteiger partial charge on any atom is 0.253 e. The average molecular weight is 427 g/mol. The summed E-state index contributed by atoms with van der Waals surface area (Å²) in [6, 6.07) is 12.9. The van der Waals surface area contributed by atoms with Crippen LogP contribution in [-0.2, 0) is 11.2 Å². The lowest BCUT2D eigenvalue weighted by atomic mass is 10.0. The molecule has 1 aliphatic heterocycles. The van der Waals surface area contributed by atoms with Gasteiger partial charge in [0, 0.05) is 31.1 Å². The van der Waals surface area contributed by atoms with Gasteiger partial charge < -0.3 is 24.4 Å². The van der Waals surface area contributed by atoms with E-state index in [1.807, 2.05) is 23.1 Å². The molecule has 7 heteroatoms. The molecular formula is C24H30N2O5. The third-order valence-electron chi connectivity index (χ3n) is 5.57. The topological polar surface area (TPSA) is 77.1 Å². The molecule has 3 rings (SSSR count). The molecule has 0 spiro atoms. The smallest absolute Gasteiger partial charge is 0.253 e. The Kier molecular flexibility index (Phi) is 7.76. The number of likely N-dealkylation sites (tertiary alicyclic amines) is 1. The summed E-state index contributed by atoms with van der Waals surface area (Å²) in [6.07, 6.45) is 2.54. The SMILES string of the molecule is COc1ccc(C(=O)N2CCC(NC(=O)CCc3ccc(OC)c(OC)c3)CC2)cc1. The number of amides is 2. The molecule has 31 heavy (non-hydrogen) atoms. The number of nitrogens with one attached hydrogen (secondary N) is 1. The number of carbonyl (C=O) groups is 2. The fourth-order valence-corrected chi connectivity index (χ4v) is 3.74. The van der Waals surface area contributed by atoms with Gasteiger partial charge in [-0.25, -0.2) is 0 Å². The van der Waals surface area contributed by atoms with Crippen LogP contribution in [0.3, 0.4) is 0 Å². The fourth-order valence-electron chi connectivity index (χ4n) is 3.74. The fraction of sp³-hybridized carbons (Fsp3) is 0.417. The van der Waals surface area contributed by atoms with E-state index >= 15 is 0 Å². The van der Waals surface area contributed by atoms with Crippen molar-refractivity contribution in [1.82, 2.24) is 10.2 Å². The first kappa shape index (κ1) is 22.5. The molecule has 7 nitrogen and oxygen atoms in total. The van der Waals surface area contributed by atoms with Gasteiger partial charge in [0.2, 0.25) is 5.91 Å². The Morgan fingerprint density at radius 1 is 0.935 bits per heavy atom. The normalized spacial score (nSPS) is 14.1. The van der Waals surface area contributed by atoms with Crippen molar-refractivity contribution in [1.29, 1.82) is 0 Å². The molecule has 1 heterocycles. The van der Waals surface area contributed by atoms with Gasteiger partial charge in [0.1, 0.15) is 5.75 Å². The first-order valence-electron chi connectivity index (χ1n) is 10.5. The second-order valence-electron chi connectivity index (χ2n) is 7.55. The van der Waals surface area contributed by atoms with Crippen LogP contribution in [0.5, 0.6) is 17.2 Å². The van der Waals surface area contributed by atoms with Crippen molar-refractivity contribution in [3.8, 4) is 17.2 Å². The first-order chi connectivity index (χ1) is 15.0. The standard InChI is InChI=1S/C24H30N2O5/c1-29-20-8-6-18(7-9-20)24(28)26-14-12-19(13-15-26)25-23(27)11-5-17-4-10-21(30-2)22(16-17)31-3/h4,6-10,16,19H,5,11-15H2,1-3H3,(H,25,27). The van der Waals surface area contributed by atoms with E-state index in [1.54, 1.807) is 45.6 Å². The van der Waals surface area contributed by atoms with Gasteiger partial charge in [-0.3, -0.25) is 9.59 Å². The molecule has 2 amide bonds. The largest absolute Gasteiger partial charge is 0.497 e. The Morgan fingerprint density at radius 3 is 2.23 bits per heavy atom. The minimum Gasteiger partial charge on any atom is -0.497 e. The van der Waals surface area contributed by atoms with Crippen molar-refractivity contribution in [3.63, 3.8) is 0 Å². The Bertz CT molecular complexity index is 889. The molecule has 0 saturated carbocycles. The van der Waals surface area contributed by atoms with Crippen LogP contribution < -0.4 is 19.5 Å². The predicted molar refractivity (Wildman–Crippen MR) is 118 cm³/mol. The number of hydrogen-bond donors (Lipinski definition) is 1. The minimum absolute atomic E-state index is 0.0147. The van der Waals surface area contributed by atoms with Gasteiger partial charge in [-0.2, -0.15) is 0 Å². The summed E-state index contributed by atoms with van der Waals surface area (Å²) in [7, 11) is 4.80. The lowest BCUT2D eigenvalue weighted by Crippen LogP contribution is -2.46. The van der Waals surface area contributed by atoms with Crippen LogP contribution >= 0.6 is 0 Å². The van der Waals surface area contributed by atoms with Crippen molar-refractivity contribution in [2.45, 2.75) is 31.7 Å². The van der Waals surface area contributed by atoms with Gasteiger partial charge in [-0.15, -0.1) is 0 Å². The molecule has 2 aromatic carbocycles. The Balaban J connectivity index is 1.44. The zero-order chi connectivity index (χ0) is 22.2. The number of carbonyl (C=O) groups excluding carboxylic acids is 2. The molecule has 1 saturated heterocycles. The molecule has 0 atom stereocenters. The predicted octanol–water partition coefficient (Wildman–Crippen LogP) is 3.07. The summed E-state index contributed by atoms with van der Waals surface area (Å²) < 4.78 is 15.7. The van der Waals surface area contributed by atoms with E-state index in [0.29, 0.717) is 43.0 Å². The van der Waals surface area contributed by atoms with E-state index in [0.717, 1.165) is 24.2 Å². The quantitative estimate of drug-likeness (QED) is 0.702. The number of nitrogens with zero attached hydrogens (tertiary/aromatic N) is 1. The molecule has 1 N–H and O–H groups in total. The lowest BCUT2D eigenvalue weighted by molar-refractivity contribution is -0.122. The molecule has 1 aliphatic rings. The number of methoxy groups -OCH3 is 3. The van der Waals surface area contributed by atoms with Crippen LogP contribution in [0.25, 0.3) is 0 Å². The van der Waals surface area contributed by atoms with Crippen LogP contribution in [0.2, 0.25) is 0 Å². The highest BCUT2D eigenvalue weighted by atomic mass is 16.5. The summed E-state index contributed by atoms with van der Waals surface area (Å²) in [4.78, 5) is 26.9. The maximum atomic E-state index is 12.7. The zero-order valence-corrected chi connectivity index (χ0v) is 18.3. The molecule has 0 aliphatic carbocycles. The van der Waals surface area contributed by atoms with E-state index in [1.165, 1.54) is 0 Å². The third kappa shape index (κ3) is 5.90. The number of aryl methyl sites for hydroxylation is 1. The van der Waals surface area contributed by atoms with Crippen molar-refractivity contribution < 1.29 is 23.8 Å². The van der Waals surface area contributed by atoms with E-state index in [9.17, 15) is 9.59 Å². The van der Waals surface area contributed by atoms with Crippen molar-refractivity contribution in [2.24, 2.45) is 0 Å². The van der Waals surface area contributed by atoms with Crippen LogP contribution in [0, 0.1) is 0 Å². The molecule has 0 radical (unpaired) electrons. The number of rotatable bonds is 8. The Morgan fingerprint density at radius 2 is 1.61 bits per heavy atom. The molecule has 2 aromatic rings. The van der Waals surface area contributed by atoms with E-state index in [-0.39, 0.29) is 17.9 Å². The van der Waals surface area contributed by atoms with Gasteiger partial charge >= 0.3 is 0 Å². The maximum absolute atomic E-state index is 12.7. The molecule has 1 fully saturated rings. The van der Waals surface area contributed by atoms with Crippen LogP contribution in [-0.4, -0.2) is 57.2 Å². The second-order valence-corrected chi connectivity index (χ2v) is 7.55. The lowest BCUT2D eigenvalue weighted by Gasteiger charge is -2.32. The van der Waals surface area contributed by atoms with E-state index in [2.05, 4.69) is 5.32 Å². The summed E-state index contributed by atoms with van der Waals surface area (Å²) in [5.74, 6) is 2.10. The number of piperidine rings is 1. The number of benzene rings is 2. The van der Waals surface area contributed by atoms with E-state index < -0.39 is 0 Å². The number of hydrogen-bond acceptors (Lipinski definition) is 5. The summed E-state index contributed by atoms with van der Waals surface area (Å²) >= 11 is 0. The third-order valence-corrected chi connectivity index (χ3v) is 5.57. The molecule has 0 unspecified atom stereocenters. The van der Waals surface area contributed by atoms with Gasteiger partial charge in [-0.05, 0) is 61.2 Å². The van der Waals surface area contributed by atoms with Gasteiger partial charge in [0.05, 0.1) is 21.3 Å². The highest BCUT2D eigenvalue weighted by Gasteiger charge is 2.24. The highest BCUT2D eigenvalue weighted by Crippen LogP contribution is 2.28. The van der Waals surface area contributed by atoms with Gasteiger partial charge in [0.25, 0.3) is 5.91 Å². The monoisotopic (exact) mass is 426 g/mol. The summed E-state index contributed by atoms with van der Waals surface area (Å²) in [5.41, 5.74) is 1.67. The van der Waals surface area contributed by atoms with Crippen LogP contribution in [0.1, 0.15) is 35.2 Å². The highest BCUT2D eigenvalue weighted by molar-refractivity contribution is 5.94. The first-order valence-corrected chi connectivity index (χ1v) is 10.5. The molecule has 0 aromatic heterocycles. The zero-order valence-electron chi connectivity index (χ0n) is 18.3. The van der Waals surface area contributed by atoms with Gasteiger partial charge in [0.15, 0.2) is 11.5 Å². The van der Waals surface area contributed by atoms with Gasteiger partial charge in [-0.1, -0.05) is 6.07 Å². The second kappa shape index (κ2) is 10.7. The van der Waals surface area contributed by atoms with Crippen LogP contribution in [0.4, 0.5) is 0 Å². The molecular weight excluding hydrogens is 396 g/mol.